The maximum atomic E-state index is 12.8. The zero-order valence-electron chi connectivity index (χ0n) is 12.4. The van der Waals surface area contributed by atoms with Crippen LogP contribution in [0.3, 0.4) is 0 Å². The lowest BCUT2D eigenvalue weighted by atomic mass is 9.94. The second-order valence-electron chi connectivity index (χ2n) is 5.83. The third-order valence-corrected chi connectivity index (χ3v) is 4.47. The molecule has 3 heteroatoms. The van der Waals surface area contributed by atoms with Crippen LogP contribution in [0.4, 0.5) is 0 Å². The van der Waals surface area contributed by atoms with E-state index in [2.05, 4.69) is 6.07 Å². The average Bonchev–Trinajstić information content (AvgIpc) is 2.99. The van der Waals surface area contributed by atoms with E-state index < -0.39 is 5.97 Å². The predicted molar refractivity (Wildman–Crippen MR) is 88.2 cm³/mol. The smallest absolute Gasteiger partial charge is 0.336 e. The molecule has 1 N–H and O–H groups in total. The van der Waals surface area contributed by atoms with Gasteiger partial charge >= 0.3 is 5.97 Å². The summed E-state index contributed by atoms with van der Waals surface area (Å²) in [5, 5.41) is 11.6. The predicted octanol–water partition coefficient (Wildman–Crippen LogP) is 3.87. The fraction of sp³-hybridized carbons (Fsp3) is 0.100. The number of ketones is 1. The van der Waals surface area contributed by atoms with Gasteiger partial charge in [-0.3, -0.25) is 4.79 Å². The van der Waals surface area contributed by atoms with E-state index in [0.717, 1.165) is 18.2 Å². The zero-order valence-corrected chi connectivity index (χ0v) is 12.4. The van der Waals surface area contributed by atoms with Gasteiger partial charge in [0.15, 0.2) is 5.78 Å². The van der Waals surface area contributed by atoms with Crippen molar-refractivity contribution in [3.05, 3.63) is 82.4 Å². The van der Waals surface area contributed by atoms with Crippen LogP contribution in [0.5, 0.6) is 0 Å². The van der Waals surface area contributed by atoms with E-state index >= 15 is 0 Å². The quantitative estimate of drug-likeness (QED) is 0.747. The maximum Gasteiger partial charge on any atom is 0.336 e. The molecule has 112 valence electrons. The summed E-state index contributed by atoms with van der Waals surface area (Å²) in [5.41, 5.74) is 3.33. The lowest BCUT2D eigenvalue weighted by molar-refractivity contribution is 0.0693. The van der Waals surface area contributed by atoms with E-state index in [-0.39, 0.29) is 16.9 Å². The molecule has 0 heterocycles. The van der Waals surface area contributed by atoms with Gasteiger partial charge in [-0.15, -0.1) is 0 Å². The number of aryl methyl sites for hydroxylation is 2. The SMILES string of the molecule is O=C(O)c1ccccc1C(=O)c1cc2c3c(cccc3c1)CC2. The number of rotatable bonds is 3. The highest BCUT2D eigenvalue weighted by molar-refractivity contribution is 6.15. The monoisotopic (exact) mass is 302 g/mol. The number of hydrogen-bond donors (Lipinski definition) is 1. The molecule has 3 aromatic carbocycles. The van der Waals surface area contributed by atoms with E-state index in [4.69, 9.17) is 0 Å². The van der Waals surface area contributed by atoms with Gasteiger partial charge in [0.25, 0.3) is 0 Å². The van der Waals surface area contributed by atoms with Crippen molar-refractivity contribution in [2.75, 3.05) is 0 Å². The van der Waals surface area contributed by atoms with Gasteiger partial charge in [0, 0.05) is 11.1 Å². The first-order valence-electron chi connectivity index (χ1n) is 7.57. The van der Waals surface area contributed by atoms with Gasteiger partial charge in [0.2, 0.25) is 0 Å². The van der Waals surface area contributed by atoms with Crippen molar-refractivity contribution in [3.8, 4) is 0 Å². The molecule has 0 saturated heterocycles. The molecule has 1 aliphatic rings. The van der Waals surface area contributed by atoms with Crippen LogP contribution in [-0.2, 0) is 12.8 Å². The van der Waals surface area contributed by atoms with Crippen LogP contribution in [0.1, 0.15) is 37.4 Å². The number of carboxylic acids is 1. The van der Waals surface area contributed by atoms with Crippen molar-refractivity contribution in [1.29, 1.82) is 0 Å². The fourth-order valence-corrected chi connectivity index (χ4v) is 3.43. The molecule has 0 fully saturated rings. The molecule has 1 aliphatic carbocycles. The molecule has 0 saturated carbocycles. The van der Waals surface area contributed by atoms with Gasteiger partial charge in [0.1, 0.15) is 0 Å². The lowest BCUT2D eigenvalue weighted by Crippen LogP contribution is -2.09. The summed E-state index contributed by atoms with van der Waals surface area (Å²) in [4.78, 5) is 24.2. The van der Waals surface area contributed by atoms with E-state index in [1.807, 2.05) is 24.3 Å². The number of carboxylic acid groups (broad SMARTS) is 1. The van der Waals surface area contributed by atoms with Gasteiger partial charge in [-0.25, -0.2) is 4.79 Å². The summed E-state index contributed by atoms with van der Waals surface area (Å²) in [7, 11) is 0. The Labute approximate surface area is 133 Å². The largest absolute Gasteiger partial charge is 0.478 e. The summed E-state index contributed by atoms with van der Waals surface area (Å²) < 4.78 is 0. The molecular weight excluding hydrogens is 288 g/mol. The molecule has 3 nitrogen and oxygen atoms in total. The molecule has 0 bridgehead atoms. The third kappa shape index (κ3) is 2.13. The normalized spacial score (nSPS) is 12.5. The molecule has 0 unspecified atom stereocenters. The zero-order chi connectivity index (χ0) is 16.0. The van der Waals surface area contributed by atoms with Crippen molar-refractivity contribution in [2.45, 2.75) is 12.8 Å². The molecule has 23 heavy (non-hydrogen) atoms. The molecular formula is C20H14O3. The van der Waals surface area contributed by atoms with Gasteiger partial charge in [-0.05, 0) is 52.9 Å². The van der Waals surface area contributed by atoms with Gasteiger partial charge < -0.3 is 5.11 Å². The molecule has 3 aromatic rings. The molecule has 4 rings (SSSR count). The Morgan fingerprint density at radius 2 is 1.57 bits per heavy atom. The fourth-order valence-electron chi connectivity index (χ4n) is 3.43. The molecule has 0 radical (unpaired) electrons. The van der Waals surface area contributed by atoms with Crippen LogP contribution in [0.15, 0.2) is 54.6 Å². The second kappa shape index (κ2) is 5.06. The van der Waals surface area contributed by atoms with Crippen molar-refractivity contribution < 1.29 is 14.7 Å². The van der Waals surface area contributed by atoms with Crippen LogP contribution in [-0.4, -0.2) is 16.9 Å². The van der Waals surface area contributed by atoms with Crippen molar-refractivity contribution in [2.24, 2.45) is 0 Å². The minimum atomic E-state index is -1.08. The Morgan fingerprint density at radius 1 is 0.826 bits per heavy atom. The summed E-state index contributed by atoms with van der Waals surface area (Å²) in [6.45, 7) is 0. The highest BCUT2D eigenvalue weighted by atomic mass is 16.4. The molecule has 0 aromatic heterocycles. The van der Waals surface area contributed by atoms with Crippen LogP contribution >= 0.6 is 0 Å². The number of carbonyl (C=O) groups is 2. The Bertz CT molecular complexity index is 970. The standard InChI is InChI=1S/C20H14O3/c21-19(16-6-1-2-7-17(16)20(22)23)15-10-13-5-3-4-12-8-9-14(11-15)18(12)13/h1-7,10-11H,8-9H2,(H,22,23). The number of carbonyl (C=O) groups excluding carboxylic acids is 1. The number of hydrogen-bond acceptors (Lipinski definition) is 2. The third-order valence-electron chi connectivity index (χ3n) is 4.47. The minimum Gasteiger partial charge on any atom is -0.478 e. The van der Waals surface area contributed by atoms with E-state index in [0.29, 0.717) is 5.56 Å². The molecule has 0 amide bonds. The second-order valence-corrected chi connectivity index (χ2v) is 5.83. The Kier molecular flexibility index (Phi) is 3.01. The van der Waals surface area contributed by atoms with Crippen molar-refractivity contribution in [1.82, 2.24) is 0 Å². The van der Waals surface area contributed by atoms with E-state index in [9.17, 15) is 14.7 Å². The number of benzene rings is 3. The first-order valence-corrected chi connectivity index (χ1v) is 7.57. The van der Waals surface area contributed by atoms with Crippen molar-refractivity contribution in [3.63, 3.8) is 0 Å². The molecule has 0 spiro atoms. The number of aromatic carboxylic acids is 1. The molecule has 0 aliphatic heterocycles. The highest BCUT2D eigenvalue weighted by Gasteiger charge is 2.21. The minimum absolute atomic E-state index is 0.0442. The van der Waals surface area contributed by atoms with E-state index in [1.165, 1.54) is 22.6 Å². The van der Waals surface area contributed by atoms with E-state index in [1.54, 1.807) is 18.2 Å². The van der Waals surface area contributed by atoms with Gasteiger partial charge in [-0.2, -0.15) is 0 Å². The van der Waals surface area contributed by atoms with Gasteiger partial charge in [0.05, 0.1) is 5.56 Å². The first-order chi connectivity index (χ1) is 11.1. The van der Waals surface area contributed by atoms with Crippen LogP contribution in [0.25, 0.3) is 10.8 Å². The Hall–Kier alpha value is -2.94. The summed E-state index contributed by atoms with van der Waals surface area (Å²) in [6.07, 6.45) is 1.92. The Balaban J connectivity index is 1.88. The first kappa shape index (κ1) is 13.7. The summed E-state index contributed by atoms with van der Waals surface area (Å²) >= 11 is 0. The Morgan fingerprint density at radius 3 is 2.35 bits per heavy atom. The maximum absolute atomic E-state index is 12.8. The molecule has 0 atom stereocenters. The van der Waals surface area contributed by atoms with Crippen LogP contribution in [0, 0.1) is 0 Å². The van der Waals surface area contributed by atoms with Gasteiger partial charge in [-0.1, -0.05) is 36.4 Å². The lowest BCUT2D eigenvalue weighted by Gasteiger charge is -2.08. The van der Waals surface area contributed by atoms with Crippen LogP contribution in [0.2, 0.25) is 0 Å². The summed E-state index contributed by atoms with van der Waals surface area (Å²) in [5.74, 6) is -1.32. The summed E-state index contributed by atoms with van der Waals surface area (Å²) in [6, 6.07) is 16.3. The average molecular weight is 302 g/mol. The van der Waals surface area contributed by atoms with Crippen molar-refractivity contribution >= 4 is 22.5 Å². The van der Waals surface area contributed by atoms with Crippen LogP contribution < -0.4 is 0 Å². The highest BCUT2D eigenvalue weighted by Crippen LogP contribution is 2.32. The topological polar surface area (TPSA) is 54.4 Å².